The van der Waals surface area contributed by atoms with Crippen LogP contribution in [0.1, 0.15) is 16.2 Å². The molecule has 1 aromatic heterocycles. The first-order valence-electron chi connectivity index (χ1n) is 5.64. The molecule has 6 nitrogen and oxygen atoms in total. The van der Waals surface area contributed by atoms with Gasteiger partial charge < -0.3 is 4.90 Å². The van der Waals surface area contributed by atoms with Crippen LogP contribution in [0.5, 0.6) is 0 Å². The van der Waals surface area contributed by atoms with Gasteiger partial charge in [0.15, 0.2) is 0 Å². The Balaban J connectivity index is 2.00. The van der Waals surface area contributed by atoms with Gasteiger partial charge in [-0.1, -0.05) is 0 Å². The van der Waals surface area contributed by atoms with Gasteiger partial charge in [-0.25, -0.2) is 13.1 Å². The zero-order valence-corrected chi connectivity index (χ0v) is 11.9. The van der Waals surface area contributed by atoms with E-state index in [9.17, 15) is 13.2 Å². The number of likely N-dealkylation sites (tertiary alicyclic amines) is 1. The number of carbonyl (C=O) groups is 1. The summed E-state index contributed by atoms with van der Waals surface area (Å²) in [5.41, 5.74) is 0. The maximum absolute atomic E-state index is 12.0. The second-order valence-corrected chi connectivity index (χ2v) is 7.32. The lowest BCUT2D eigenvalue weighted by Crippen LogP contribution is -2.40. The SMILES string of the molecule is CS(=O)(=O)N[C@H]1CCN(Cc2ccc(C#N)s2)C1=O. The highest BCUT2D eigenvalue weighted by molar-refractivity contribution is 7.88. The number of nitriles is 1. The van der Waals surface area contributed by atoms with Crippen molar-refractivity contribution in [2.45, 2.75) is 19.0 Å². The minimum Gasteiger partial charge on any atom is -0.336 e. The number of carbonyl (C=O) groups excluding carboxylic acids is 1. The third kappa shape index (κ3) is 3.53. The third-order valence-electron chi connectivity index (χ3n) is 2.77. The van der Waals surface area contributed by atoms with Crippen LogP contribution in [-0.4, -0.2) is 38.1 Å². The van der Waals surface area contributed by atoms with E-state index < -0.39 is 16.1 Å². The van der Waals surface area contributed by atoms with Crippen molar-refractivity contribution in [1.29, 1.82) is 5.26 Å². The Labute approximate surface area is 115 Å². The van der Waals surface area contributed by atoms with Gasteiger partial charge >= 0.3 is 0 Å². The van der Waals surface area contributed by atoms with Gasteiger partial charge in [0.25, 0.3) is 0 Å². The first kappa shape index (κ1) is 14.0. The molecule has 1 N–H and O–H groups in total. The first-order chi connectivity index (χ1) is 8.89. The molecule has 1 amide bonds. The van der Waals surface area contributed by atoms with Crippen molar-refractivity contribution >= 4 is 27.3 Å². The quantitative estimate of drug-likeness (QED) is 0.864. The Morgan fingerprint density at radius 1 is 1.58 bits per heavy atom. The average Bonchev–Trinajstić information content (AvgIpc) is 2.89. The molecule has 19 heavy (non-hydrogen) atoms. The van der Waals surface area contributed by atoms with E-state index in [1.54, 1.807) is 11.0 Å². The molecule has 0 aliphatic carbocycles. The summed E-state index contributed by atoms with van der Waals surface area (Å²) in [6, 6.07) is 4.91. The second-order valence-electron chi connectivity index (χ2n) is 4.37. The van der Waals surface area contributed by atoms with E-state index in [-0.39, 0.29) is 5.91 Å². The fourth-order valence-electron chi connectivity index (χ4n) is 1.97. The van der Waals surface area contributed by atoms with Crippen molar-refractivity contribution in [1.82, 2.24) is 9.62 Å². The van der Waals surface area contributed by atoms with E-state index in [0.29, 0.717) is 24.4 Å². The molecule has 1 saturated heterocycles. The number of thiophene rings is 1. The van der Waals surface area contributed by atoms with Crippen LogP contribution in [0.2, 0.25) is 0 Å². The highest BCUT2D eigenvalue weighted by Crippen LogP contribution is 2.21. The molecular formula is C11H13N3O3S2. The largest absolute Gasteiger partial charge is 0.336 e. The van der Waals surface area contributed by atoms with Crippen LogP contribution < -0.4 is 4.72 Å². The molecule has 2 heterocycles. The van der Waals surface area contributed by atoms with E-state index in [4.69, 9.17) is 5.26 Å². The molecule has 1 fully saturated rings. The minimum absolute atomic E-state index is 0.211. The van der Waals surface area contributed by atoms with Crippen LogP contribution in [0, 0.1) is 11.3 Å². The van der Waals surface area contributed by atoms with Crippen molar-refractivity contribution in [2.24, 2.45) is 0 Å². The number of rotatable bonds is 4. The van der Waals surface area contributed by atoms with Gasteiger partial charge in [0.2, 0.25) is 15.9 Å². The van der Waals surface area contributed by atoms with Crippen molar-refractivity contribution in [2.75, 3.05) is 12.8 Å². The molecule has 1 aliphatic rings. The van der Waals surface area contributed by atoms with E-state index in [1.165, 1.54) is 11.3 Å². The summed E-state index contributed by atoms with van der Waals surface area (Å²) in [5, 5.41) is 8.74. The van der Waals surface area contributed by atoms with Gasteiger partial charge in [-0.15, -0.1) is 11.3 Å². The molecule has 102 valence electrons. The molecule has 0 spiro atoms. The van der Waals surface area contributed by atoms with Crippen LogP contribution in [-0.2, 0) is 21.4 Å². The first-order valence-corrected chi connectivity index (χ1v) is 8.35. The molecule has 1 atom stereocenters. The summed E-state index contributed by atoms with van der Waals surface area (Å²) >= 11 is 1.34. The summed E-state index contributed by atoms with van der Waals surface area (Å²) in [6.45, 7) is 0.943. The average molecular weight is 299 g/mol. The van der Waals surface area contributed by atoms with Crippen LogP contribution in [0.15, 0.2) is 12.1 Å². The molecule has 1 aliphatic heterocycles. The third-order valence-corrected chi connectivity index (χ3v) is 4.46. The fraction of sp³-hybridized carbons (Fsp3) is 0.455. The molecule has 2 rings (SSSR count). The maximum Gasteiger partial charge on any atom is 0.241 e. The lowest BCUT2D eigenvalue weighted by molar-refractivity contribution is -0.129. The summed E-state index contributed by atoms with van der Waals surface area (Å²) in [5.74, 6) is -0.211. The molecule has 8 heteroatoms. The van der Waals surface area contributed by atoms with Crippen LogP contribution in [0.3, 0.4) is 0 Å². The van der Waals surface area contributed by atoms with Gasteiger partial charge in [0.05, 0.1) is 12.8 Å². The number of nitrogens with one attached hydrogen (secondary N) is 1. The predicted octanol–water partition coefficient (Wildman–Crippen LogP) is 0.270. The summed E-state index contributed by atoms with van der Waals surface area (Å²) in [6.07, 6.45) is 1.52. The molecule has 0 radical (unpaired) electrons. The Bertz CT molecular complexity index is 630. The monoisotopic (exact) mass is 299 g/mol. The number of nitrogens with zero attached hydrogens (tertiary/aromatic N) is 2. The second kappa shape index (κ2) is 5.28. The van der Waals surface area contributed by atoms with E-state index >= 15 is 0 Å². The van der Waals surface area contributed by atoms with Gasteiger partial charge in [0, 0.05) is 11.4 Å². The van der Waals surface area contributed by atoms with Crippen molar-refractivity contribution in [3.8, 4) is 6.07 Å². The molecule has 1 aromatic rings. The standard InChI is InChI=1S/C11H13N3O3S2/c1-19(16,17)13-10-4-5-14(11(10)15)7-9-3-2-8(6-12)18-9/h2-3,10,13H,4-5,7H2,1H3/t10-/m0/s1. The zero-order chi connectivity index (χ0) is 14.0. The van der Waals surface area contributed by atoms with Crippen LogP contribution >= 0.6 is 11.3 Å². The molecule has 0 bridgehead atoms. The normalized spacial score (nSPS) is 19.7. The van der Waals surface area contributed by atoms with Gasteiger partial charge in [-0.2, -0.15) is 5.26 Å². The topological polar surface area (TPSA) is 90.3 Å². The number of amides is 1. The highest BCUT2D eigenvalue weighted by Gasteiger charge is 2.33. The van der Waals surface area contributed by atoms with Crippen molar-refractivity contribution in [3.05, 3.63) is 21.9 Å². The minimum atomic E-state index is -3.37. The molecule has 0 aromatic carbocycles. The van der Waals surface area contributed by atoms with Crippen LogP contribution in [0.4, 0.5) is 0 Å². The Morgan fingerprint density at radius 2 is 2.32 bits per heavy atom. The van der Waals surface area contributed by atoms with Gasteiger partial charge in [0.1, 0.15) is 17.0 Å². The smallest absolute Gasteiger partial charge is 0.241 e. The Morgan fingerprint density at radius 3 is 2.89 bits per heavy atom. The predicted molar refractivity (Wildman–Crippen MR) is 70.8 cm³/mol. The van der Waals surface area contributed by atoms with Gasteiger partial charge in [-0.05, 0) is 18.6 Å². The van der Waals surface area contributed by atoms with E-state index in [0.717, 1.165) is 11.1 Å². The van der Waals surface area contributed by atoms with Crippen LogP contribution in [0.25, 0.3) is 0 Å². The molecule has 0 saturated carbocycles. The zero-order valence-electron chi connectivity index (χ0n) is 10.3. The summed E-state index contributed by atoms with van der Waals surface area (Å²) < 4.78 is 24.6. The summed E-state index contributed by atoms with van der Waals surface area (Å²) in [7, 11) is -3.37. The fourth-order valence-corrected chi connectivity index (χ4v) is 3.53. The number of sulfonamides is 1. The number of hydrogen-bond donors (Lipinski definition) is 1. The Kier molecular flexibility index (Phi) is 3.89. The van der Waals surface area contributed by atoms with E-state index in [2.05, 4.69) is 4.72 Å². The molecule has 0 unspecified atom stereocenters. The van der Waals surface area contributed by atoms with E-state index in [1.807, 2.05) is 12.1 Å². The number of hydrogen-bond acceptors (Lipinski definition) is 5. The van der Waals surface area contributed by atoms with Gasteiger partial charge in [-0.3, -0.25) is 4.79 Å². The lowest BCUT2D eigenvalue weighted by Gasteiger charge is -2.15. The van der Waals surface area contributed by atoms with Crippen molar-refractivity contribution < 1.29 is 13.2 Å². The Hall–Kier alpha value is -1.43. The highest BCUT2D eigenvalue weighted by atomic mass is 32.2. The van der Waals surface area contributed by atoms with Crippen molar-refractivity contribution in [3.63, 3.8) is 0 Å². The maximum atomic E-state index is 12.0. The molecular weight excluding hydrogens is 286 g/mol. The lowest BCUT2D eigenvalue weighted by atomic mass is 10.3. The summed E-state index contributed by atoms with van der Waals surface area (Å²) in [4.78, 5) is 15.1.